The lowest BCUT2D eigenvalue weighted by atomic mass is 9.87. The molecule has 5 rings (SSSR count). The Morgan fingerprint density at radius 1 is 1.10 bits per heavy atom. The fraction of sp³-hybridized carbons (Fsp3) is 0.355. The standard InChI is InChI=1S/C31H34FN3O4/c1-3-14-33-16-18-34(19-17-33)30(36)27(4-2)39-25-12-9-22-13-15-35(31(37)28-6-5-20-38-28)29(26(22)21-25)23-7-10-24(32)11-8-23/h3,5-12,20-21,27,29H,1,4,13-19H2,2H3. The maximum Gasteiger partial charge on any atom is 0.290 e. The summed E-state index contributed by atoms with van der Waals surface area (Å²) in [6.45, 7) is 9.99. The van der Waals surface area contributed by atoms with Crippen molar-refractivity contribution in [2.24, 2.45) is 0 Å². The predicted molar refractivity (Wildman–Crippen MR) is 146 cm³/mol. The Morgan fingerprint density at radius 2 is 1.87 bits per heavy atom. The summed E-state index contributed by atoms with van der Waals surface area (Å²) in [6, 6.07) is 14.9. The van der Waals surface area contributed by atoms with Gasteiger partial charge in [0.05, 0.1) is 12.3 Å². The molecule has 0 radical (unpaired) electrons. The molecule has 0 saturated carbocycles. The van der Waals surface area contributed by atoms with Crippen molar-refractivity contribution in [3.05, 3.63) is 102 Å². The van der Waals surface area contributed by atoms with Crippen LogP contribution in [-0.4, -0.2) is 71.9 Å². The highest BCUT2D eigenvalue weighted by molar-refractivity contribution is 5.92. The van der Waals surface area contributed by atoms with Crippen molar-refractivity contribution in [2.75, 3.05) is 39.3 Å². The van der Waals surface area contributed by atoms with Crippen molar-refractivity contribution in [1.82, 2.24) is 14.7 Å². The first-order chi connectivity index (χ1) is 19.0. The molecule has 39 heavy (non-hydrogen) atoms. The Labute approximate surface area is 228 Å². The van der Waals surface area contributed by atoms with Crippen molar-refractivity contribution in [1.29, 1.82) is 0 Å². The van der Waals surface area contributed by atoms with Crippen molar-refractivity contribution in [2.45, 2.75) is 31.9 Å². The molecule has 1 fully saturated rings. The summed E-state index contributed by atoms with van der Waals surface area (Å²) >= 11 is 0. The molecule has 0 bridgehead atoms. The molecule has 3 aromatic rings. The van der Waals surface area contributed by atoms with Crippen molar-refractivity contribution in [3.8, 4) is 5.75 Å². The van der Waals surface area contributed by atoms with E-state index in [1.165, 1.54) is 18.4 Å². The number of fused-ring (bicyclic) bond motifs is 1. The fourth-order valence-corrected chi connectivity index (χ4v) is 5.44. The molecule has 7 nitrogen and oxygen atoms in total. The molecule has 2 aromatic carbocycles. The van der Waals surface area contributed by atoms with Crippen LogP contribution in [0.3, 0.4) is 0 Å². The zero-order chi connectivity index (χ0) is 27.4. The highest BCUT2D eigenvalue weighted by atomic mass is 19.1. The molecule has 8 heteroatoms. The molecule has 1 aromatic heterocycles. The number of carbonyl (C=O) groups excluding carboxylic acids is 2. The van der Waals surface area contributed by atoms with E-state index in [1.54, 1.807) is 29.2 Å². The molecule has 0 N–H and O–H groups in total. The molecule has 0 spiro atoms. The van der Waals surface area contributed by atoms with Crippen LogP contribution in [0.1, 0.15) is 46.6 Å². The summed E-state index contributed by atoms with van der Waals surface area (Å²) in [5.74, 6) is 0.230. The topological polar surface area (TPSA) is 66.2 Å². The second-order valence-corrected chi connectivity index (χ2v) is 9.97. The number of amides is 2. The number of halogens is 1. The van der Waals surface area contributed by atoms with Gasteiger partial charge in [0.2, 0.25) is 0 Å². The van der Waals surface area contributed by atoms with Gasteiger partial charge < -0.3 is 19.0 Å². The molecule has 2 atom stereocenters. The monoisotopic (exact) mass is 531 g/mol. The van der Waals surface area contributed by atoms with Gasteiger partial charge in [-0.2, -0.15) is 0 Å². The summed E-state index contributed by atoms with van der Waals surface area (Å²) in [5.41, 5.74) is 2.76. The number of ether oxygens (including phenoxy) is 1. The molecule has 2 aliphatic heterocycles. The van der Waals surface area contributed by atoms with E-state index in [0.717, 1.165) is 36.3 Å². The molecule has 204 valence electrons. The minimum Gasteiger partial charge on any atom is -0.481 e. The van der Waals surface area contributed by atoms with Gasteiger partial charge in [0.1, 0.15) is 11.6 Å². The number of furan rings is 1. The molecule has 3 heterocycles. The Morgan fingerprint density at radius 3 is 2.54 bits per heavy atom. The number of nitrogens with zero attached hydrogens (tertiary/aromatic N) is 3. The Bertz CT molecular complexity index is 1300. The number of rotatable bonds is 8. The van der Waals surface area contributed by atoms with E-state index in [1.807, 2.05) is 36.1 Å². The zero-order valence-electron chi connectivity index (χ0n) is 22.2. The number of piperazine rings is 1. The van der Waals surface area contributed by atoms with Gasteiger partial charge in [0, 0.05) is 39.3 Å². The largest absolute Gasteiger partial charge is 0.481 e. The van der Waals surface area contributed by atoms with Crippen LogP contribution in [0, 0.1) is 5.82 Å². The quantitative estimate of drug-likeness (QED) is 0.395. The average Bonchev–Trinajstić information content (AvgIpc) is 3.51. The number of carbonyl (C=O) groups is 2. The summed E-state index contributed by atoms with van der Waals surface area (Å²) < 4.78 is 25.5. The SMILES string of the molecule is C=CCN1CCN(C(=O)C(CC)Oc2ccc3c(c2)C(c2ccc(F)cc2)N(C(=O)c2ccco2)CC3)CC1. The van der Waals surface area contributed by atoms with Crippen LogP contribution in [0.25, 0.3) is 0 Å². The van der Waals surface area contributed by atoms with Crippen LogP contribution in [-0.2, 0) is 11.2 Å². The first kappa shape index (κ1) is 26.7. The number of hydrogen-bond acceptors (Lipinski definition) is 5. The molecule has 2 aliphatic rings. The summed E-state index contributed by atoms with van der Waals surface area (Å²) in [6.07, 6.45) is 3.94. The Balaban J connectivity index is 1.41. The maximum absolute atomic E-state index is 13.8. The highest BCUT2D eigenvalue weighted by Crippen LogP contribution is 2.38. The molecule has 2 unspecified atom stereocenters. The van der Waals surface area contributed by atoms with Crippen molar-refractivity contribution in [3.63, 3.8) is 0 Å². The first-order valence-electron chi connectivity index (χ1n) is 13.5. The molecule has 0 aliphatic carbocycles. The van der Waals surface area contributed by atoms with Crippen LogP contribution in [0.5, 0.6) is 5.75 Å². The third kappa shape index (κ3) is 5.76. The van der Waals surface area contributed by atoms with E-state index in [-0.39, 0.29) is 23.4 Å². The van der Waals surface area contributed by atoms with Gasteiger partial charge in [-0.15, -0.1) is 6.58 Å². The minimum atomic E-state index is -0.609. The summed E-state index contributed by atoms with van der Waals surface area (Å²) in [7, 11) is 0. The highest BCUT2D eigenvalue weighted by Gasteiger charge is 2.35. The lowest BCUT2D eigenvalue weighted by Gasteiger charge is -2.38. The lowest BCUT2D eigenvalue weighted by Crippen LogP contribution is -2.52. The second kappa shape index (κ2) is 11.9. The third-order valence-electron chi connectivity index (χ3n) is 7.52. The van der Waals surface area contributed by atoms with E-state index in [2.05, 4.69) is 11.5 Å². The van der Waals surface area contributed by atoms with Crippen LogP contribution >= 0.6 is 0 Å². The smallest absolute Gasteiger partial charge is 0.290 e. The van der Waals surface area contributed by atoms with Crippen molar-refractivity contribution >= 4 is 11.8 Å². The van der Waals surface area contributed by atoms with Crippen LogP contribution < -0.4 is 4.74 Å². The lowest BCUT2D eigenvalue weighted by molar-refractivity contribution is -0.140. The molecule has 2 amide bonds. The van der Waals surface area contributed by atoms with Gasteiger partial charge in [-0.25, -0.2) is 4.39 Å². The van der Waals surface area contributed by atoms with E-state index in [0.29, 0.717) is 38.2 Å². The Hall–Kier alpha value is -3.91. The second-order valence-electron chi connectivity index (χ2n) is 9.97. The molecule has 1 saturated heterocycles. The van der Waals surface area contributed by atoms with Gasteiger partial charge in [-0.05, 0) is 65.9 Å². The maximum atomic E-state index is 13.8. The Kier molecular flexibility index (Phi) is 8.12. The van der Waals surface area contributed by atoms with E-state index < -0.39 is 12.1 Å². The number of hydrogen-bond donors (Lipinski definition) is 0. The fourth-order valence-electron chi connectivity index (χ4n) is 5.44. The third-order valence-corrected chi connectivity index (χ3v) is 7.52. The first-order valence-corrected chi connectivity index (χ1v) is 13.5. The molecular weight excluding hydrogens is 497 g/mol. The van der Waals surface area contributed by atoms with E-state index in [4.69, 9.17) is 9.15 Å². The van der Waals surface area contributed by atoms with Crippen LogP contribution in [0.15, 0.2) is 77.9 Å². The van der Waals surface area contributed by atoms with Gasteiger partial charge in [0.25, 0.3) is 11.8 Å². The predicted octanol–water partition coefficient (Wildman–Crippen LogP) is 4.69. The number of benzene rings is 2. The van der Waals surface area contributed by atoms with E-state index >= 15 is 0 Å². The van der Waals surface area contributed by atoms with Gasteiger partial charge >= 0.3 is 0 Å². The minimum absolute atomic E-state index is 0.0156. The van der Waals surface area contributed by atoms with Crippen LogP contribution in [0.4, 0.5) is 4.39 Å². The average molecular weight is 532 g/mol. The van der Waals surface area contributed by atoms with Crippen molar-refractivity contribution < 1.29 is 23.1 Å². The van der Waals surface area contributed by atoms with Gasteiger partial charge in [-0.3, -0.25) is 14.5 Å². The normalized spacial score (nSPS) is 18.4. The zero-order valence-corrected chi connectivity index (χ0v) is 22.2. The van der Waals surface area contributed by atoms with Gasteiger partial charge in [-0.1, -0.05) is 31.2 Å². The summed E-state index contributed by atoms with van der Waals surface area (Å²) in [5, 5.41) is 0. The van der Waals surface area contributed by atoms with Gasteiger partial charge in [0.15, 0.2) is 11.9 Å². The van der Waals surface area contributed by atoms with Crippen LogP contribution in [0.2, 0.25) is 0 Å². The molecular formula is C31H34FN3O4. The summed E-state index contributed by atoms with van der Waals surface area (Å²) in [4.78, 5) is 32.7. The van der Waals surface area contributed by atoms with E-state index in [9.17, 15) is 14.0 Å².